The van der Waals surface area contributed by atoms with Crippen LogP contribution in [0.3, 0.4) is 0 Å². The van der Waals surface area contributed by atoms with Gasteiger partial charge < -0.3 is 0 Å². The van der Waals surface area contributed by atoms with E-state index in [9.17, 15) is 0 Å². The fraction of sp³-hybridized carbons (Fsp3) is 0.364. The first-order valence-corrected chi connectivity index (χ1v) is 4.58. The molecule has 1 aromatic carbocycles. The van der Waals surface area contributed by atoms with Crippen molar-refractivity contribution in [2.45, 2.75) is 19.0 Å². The van der Waals surface area contributed by atoms with E-state index in [-0.39, 0.29) is 6.04 Å². The Hall–Kier alpha value is -1.33. The lowest BCUT2D eigenvalue weighted by Crippen LogP contribution is -2.45. The number of hydrogen-bond donors (Lipinski definition) is 0. The van der Waals surface area contributed by atoms with Crippen molar-refractivity contribution in [2.75, 3.05) is 6.54 Å². The van der Waals surface area contributed by atoms with Crippen molar-refractivity contribution >= 4 is 0 Å². The van der Waals surface area contributed by atoms with Crippen molar-refractivity contribution < 1.29 is 0 Å². The summed E-state index contributed by atoms with van der Waals surface area (Å²) in [4.78, 5) is 2.20. The van der Waals surface area contributed by atoms with Gasteiger partial charge in [0, 0.05) is 13.1 Å². The van der Waals surface area contributed by atoms with Gasteiger partial charge in [-0.1, -0.05) is 30.3 Å². The van der Waals surface area contributed by atoms with Crippen molar-refractivity contribution in [1.29, 1.82) is 5.26 Å². The molecule has 1 aliphatic heterocycles. The first-order chi connectivity index (χ1) is 6.40. The van der Waals surface area contributed by atoms with E-state index in [2.05, 4.69) is 23.1 Å². The Bertz CT molecular complexity index is 313. The predicted octanol–water partition coefficient (Wildman–Crippen LogP) is 1.78. The molecule has 1 fully saturated rings. The van der Waals surface area contributed by atoms with E-state index in [0.29, 0.717) is 0 Å². The minimum absolute atomic E-state index is 0.153. The molecule has 0 amide bonds. The Balaban J connectivity index is 1.96. The standard InChI is InChI=1S/C11H12N2/c12-8-11-6-7-13(11)9-10-4-2-1-3-5-10/h1-5,11H,6-7,9H2/t11-/m1/s1. The van der Waals surface area contributed by atoms with E-state index < -0.39 is 0 Å². The molecular formula is C11H12N2. The van der Waals surface area contributed by atoms with Crippen LogP contribution < -0.4 is 0 Å². The van der Waals surface area contributed by atoms with Crippen LogP contribution >= 0.6 is 0 Å². The lowest BCUT2D eigenvalue weighted by Gasteiger charge is -2.36. The molecule has 0 aromatic heterocycles. The Morgan fingerprint density at radius 2 is 2.15 bits per heavy atom. The topological polar surface area (TPSA) is 27.0 Å². The molecule has 1 aliphatic rings. The van der Waals surface area contributed by atoms with Crippen molar-refractivity contribution in [1.82, 2.24) is 4.90 Å². The lowest BCUT2D eigenvalue weighted by molar-refractivity contribution is 0.122. The largest absolute Gasteiger partial charge is 0.284 e. The third-order valence-corrected chi connectivity index (χ3v) is 2.51. The van der Waals surface area contributed by atoms with Crippen LogP contribution in [0, 0.1) is 11.3 Å². The second kappa shape index (κ2) is 3.59. The summed E-state index contributed by atoms with van der Waals surface area (Å²) >= 11 is 0. The van der Waals surface area contributed by atoms with Gasteiger partial charge >= 0.3 is 0 Å². The SMILES string of the molecule is N#C[C@H]1CCN1Cc1ccccc1. The molecule has 1 saturated heterocycles. The van der Waals surface area contributed by atoms with Gasteiger partial charge in [-0.2, -0.15) is 5.26 Å². The van der Waals surface area contributed by atoms with Crippen LogP contribution in [-0.2, 0) is 6.54 Å². The second-order valence-electron chi connectivity index (χ2n) is 3.39. The molecule has 0 radical (unpaired) electrons. The maximum absolute atomic E-state index is 8.74. The van der Waals surface area contributed by atoms with Crippen LogP contribution in [0.15, 0.2) is 30.3 Å². The number of benzene rings is 1. The molecule has 1 heterocycles. The second-order valence-corrected chi connectivity index (χ2v) is 3.39. The van der Waals surface area contributed by atoms with Gasteiger partial charge in [-0.25, -0.2) is 0 Å². The molecule has 0 unspecified atom stereocenters. The Morgan fingerprint density at radius 1 is 1.38 bits per heavy atom. The molecule has 1 aromatic rings. The summed E-state index contributed by atoms with van der Waals surface area (Å²) in [5, 5.41) is 8.74. The molecule has 13 heavy (non-hydrogen) atoms. The Morgan fingerprint density at radius 3 is 2.69 bits per heavy atom. The van der Waals surface area contributed by atoms with Gasteiger partial charge in [0.05, 0.1) is 12.1 Å². The van der Waals surface area contributed by atoms with Gasteiger partial charge in [0.25, 0.3) is 0 Å². The van der Waals surface area contributed by atoms with Gasteiger partial charge in [0.15, 0.2) is 0 Å². The van der Waals surface area contributed by atoms with Gasteiger partial charge in [-0.05, 0) is 12.0 Å². The fourth-order valence-electron chi connectivity index (χ4n) is 1.59. The average Bonchev–Trinajstić information content (AvgIpc) is 2.15. The minimum Gasteiger partial charge on any atom is -0.284 e. The molecule has 66 valence electrons. The molecule has 0 bridgehead atoms. The van der Waals surface area contributed by atoms with Crippen LogP contribution in [0.4, 0.5) is 0 Å². The number of rotatable bonds is 2. The summed E-state index contributed by atoms with van der Waals surface area (Å²) in [7, 11) is 0. The third-order valence-electron chi connectivity index (χ3n) is 2.51. The molecule has 2 heteroatoms. The zero-order valence-corrected chi connectivity index (χ0v) is 7.48. The van der Waals surface area contributed by atoms with E-state index in [1.165, 1.54) is 5.56 Å². The first kappa shape index (κ1) is 8.28. The molecular weight excluding hydrogens is 160 g/mol. The average molecular weight is 172 g/mol. The smallest absolute Gasteiger partial charge is 0.0993 e. The van der Waals surface area contributed by atoms with Crippen LogP contribution in [0.2, 0.25) is 0 Å². The van der Waals surface area contributed by atoms with Gasteiger partial charge in [-0.15, -0.1) is 0 Å². The molecule has 0 aliphatic carbocycles. The van der Waals surface area contributed by atoms with E-state index in [1.54, 1.807) is 0 Å². The maximum Gasteiger partial charge on any atom is 0.0993 e. The highest BCUT2D eigenvalue weighted by molar-refractivity contribution is 5.16. The van der Waals surface area contributed by atoms with Crippen molar-refractivity contribution in [3.05, 3.63) is 35.9 Å². The van der Waals surface area contributed by atoms with E-state index in [1.807, 2.05) is 18.2 Å². The summed E-state index contributed by atoms with van der Waals surface area (Å²) in [6, 6.07) is 12.8. The Kier molecular flexibility index (Phi) is 2.29. The highest BCUT2D eigenvalue weighted by Gasteiger charge is 2.26. The highest BCUT2D eigenvalue weighted by atomic mass is 15.2. The number of likely N-dealkylation sites (tertiary alicyclic amines) is 1. The number of nitriles is 1. The first-order valence-electron chi connectivity index (χ1n) is 4.58. The number of hydrogen-bond acceptors (Lipinski definition) is 2. The molecule has 0 N–H and O–H groups in total. The van der Waals surface area contributed by atoms with Crippen LogP contribution in [0.1, 0.15) is 12.0 Å². The van der Waals surface area contributed by atoms with E-state index in [0.717, 1.165) is 19.5 Å². The maximum atomic E-state index is 8.74. The molecule has 0 saturated carbocycles. The predicted molar refractivity (Wildman–Crippen MR) is 50.9 cm³/mol. The zero-order chi connectivity index (χ0) is 9.10. The number of nitrogens with zero attached hydrogens (tertiary/aromatic N) is 2. The molecule has 2 rings (SSSR count). The van der Waals surface area contributed by atoms with Crippen molar-refractivity contribution in [3.8, 4) is 6.07 Å². The zero-order valence-electron chi connectivity index (χ0n) is 7.48. The summed E-state index contributed by atoms with van der Waals surface area (Å²) in [6.45, 7) is 1.98. The minimum atomic E-state index is 0.153. The van der Waals surface area contributed by atoms with Crippen molar-refractivity contribution in [2.24, 2.45) is 0 Å². The van der Waals surface area contributed by atoms with Gasteiger partial charge in [-0.3, -0.25) is 4.90 Å². The van der Waals surface area contributed by atoms with Gasteiger partial charge in [0.2, 0.25) is 0 Å². The Labute approximate surface area is 78.4 Å². The van der Waals surface area contributed by atoms with Crippen LogP contribution in [0.25, 0.3) is 0 Å². The van der Waals surface area contributed by atoms with Crippen molar-refractivity contribution in [3.63, 3.8) is 0 Å². The van der Waals surface area contributed by atoms with Crippen LogP contribution in [-0.4, -0.2) is 17.5 Å². The molecule has 1 atom stereocenters. The summed E-state index contributed by atoms with van der Waals surface area (Å²) < 4.78 is 0. The van der Waals surface area contributed by atoms with E-state index in [4.69, 9.17) is 5.26 Å². The molecule has 2 nitrogen and oxygen atoms in total. The monoisotopic (exact) mass is 172 g/mol. The quantitative estimate of drug-likeness (QED) is 0.680. The summed E-state index contributed by atoms with van der Waals surface area (Å²) in [5.41, 5.74) is 1.29. The summed E-state index contributed by atoms with van der Waals surface area (Å²) in [5.74, 6) is 0. The van der Waals surface area contributed by atoms with E-state index >= 15 is 0 Å². The van der Waals surface area contributed by atoms with Gasteiger partial charge in [0.1, 0.15) is 0 Å². The highest BCUT2D eigenvalue weighted by Crippen LogP contribution is 2.19. The third kappa shape index (κ3) is 1.71. The fourth-order valence-corrected chi connectivity index (χ4v) is 1.59. The summed E-state index contributed by atoms with van der Waals surface area (Å²) in [6.07, 6.45) is 1.03. The molecule has 0 spiro atoms. The van der Waals surface area contributed by atoms with Crippen LogP contribution in [0.5, 0.6) is 0 Å². The lowest BCUT2D eigenvalue weighted by atomic mass is 10.0. The normalized spacial score (nSPS) is 21.9.